The van der Waals surface area contributed by atoms with Crippen molar-refractivity contribution in [2.45, 2.75) is 52.0 Å². The van der Waals surface area contributed by atoms with E-state index in [0.29, 0.717) is 0 Å². The molecule has 1 aliphatic carbocycles. The van der Waals surface area contributed by atoms with Crippen molar-refractivity contribution in [1.29, 1.82) is 0 Å². The second kappa shape index (κ2) is 5.37. The van der Waals surface area contributed by atoms with E-state index in [-0.39, 0.29) is 17.3 Å². The minimum atomic E-state index is -0.177. The first-order valence-electron chi connectivity index (χ1n) is 6.85. The number of benzene rings is 1. The topological polar surface area (TPSA) is 38.0 Å². The van der Waals surface area contributed by atoms with Gasteiger partial charge in [0.05, 0.1) is 6.04 Å². The number of nitrogens with two attached hydrogens (primary N) is 1. The van der Waals surface area contributed by atoms with Crippen molar-refractivity contribution < 1.29 is 4.39 Å². The minimum Gasteiger partial charge on any atom is -0.271 e. The maximum atomic E-state index is 13.2. The SMILES string of the molecule is CCC1(C(NN)c2ccc(F)cc2C)CCCC1. The third kappa shape index (κ3) is 2.29. The molecule has 100 valence electrons. The van der Waals surface area contributed by atoms with E-state index in [1.54, 1.807) is 6.07 Å². The molecule has 1 fully saturated rings. The summed E-state index contributed by atoms with van der Waals surface area (Å²) < 4.78 is 13.2. The highest BCUT2D eigenvalue weighted by Crippen LogP contribution is 2.50. The van der Waals surface area contributed by atoms with Gasteiger partial charge in [-0.25, -0.2) is 4.39 Å². The summed E-state index contributed by atoms with van der Waals surface area (Å²) in [6.07, 6.45) is 6.06. The van der Waals surface area contributed by atoms with Gasteiger partial charge in [0.25, 0.3) is 0 Å². The van der Waals surface area contributed by atoms with E-state index < -0.39 is 0 Å². The Kier molecular flexibility index (Phi) is 4.03. The average Bonchev–Trinajstić information content (AvgIpc) is 2.83. The first kappa shape index (κ1) is 13.5. The Labute approximate surface area is 109 Å². The van der Waals surface area contributed by atoms with Crippen molar-refractivity contribution in [3.63, 3.8) is 0 Å². The fraction of sp³-hybridized carbons (Fsp3) is 0.600. The number of halogens is 1. The summed E-state index contributed by atoms with van der Waals surface area (Å²) >= 11 is 0. The lowest BCUT2D eigenvalue weighted by molar-refractivity contribution is 0.187. The highest BCUT2D eigenvalue weighted by atomic mass is 19.1. The number of hydrazine groups is 1. The first-order chi connectivity index (χ1) is 8.63. The molecule has 0 bridgehead atoms. The lowest BCUT2D eigenvalue weighted by Crippen LogP contribution is -2.40. The zero-order valence-electron chi connectivity index (χ0n) is 11.3. The Bertz CT molecular complexity index is 411. The first-order valence-corrected chi connectivity index (χ1v) is 6.85. The number of nitrogens with one attached hydrogen (secondary N) is 1. The van der Waals surface area contributed by atoms with E-state index in [0.717, 1.165) is 17.5 Å². The van der Waals surface area contributed by atoms with Crippen LogP contribution in [0, 0.1) is 18.2 Å². The molecule has 0 aromatic heterocycles. The van der Waals surface area contributed by atoms with Gasteiger partial charge in [0.15, 0.2) is 0 Å². The van der Waals surface area contributed by atoms with E-state index >= 15 is 0 Å². The average molecular weight is 250 g/mol. The Morgan fingerprint density at radius 2 is 2.06 bits per heavy atom. The van der Waals surface area contributed by atoms with E-state index in [9.17, 15) is 4.39 Å². The summed E-state index contributed by atoms with van der Waals surface area (Å²) in [7, 11) is 0. The highest BCUT2D eigenvalue weighted by molar-refractivity contribution is 5.31. The quantitative estimate of drug-likeness (QED) is 0.633. The summed E-state index contributed by atoms with van der Waals surface area (Å²) in [6, 6.07) is 5.14. The van der Waals surface area contributed by atoms with Crippen LogP contribution in [0.2, 0.25) is 0 Å². The molecule has 3 N–H and O–H groups in total. The second-order valence-electron chi connectivity index (χ2n) is 5.52. The molecule has 0 heterocycles. The highest BCUT2D eigenvalue weighted by Gasteiger charge is 2.40. The van der Waals surface area contributed by atoms with Crippen LogP contribution in [0.1, 0.15) is 56.2 Å². The van der Waals surface area contributed by atoms with E-state index in [1.807, 2.05) is 13.0 Å². The zero-order chi connectivity index (χ0) is 13.2. The van der Waals surface area contributed by atoms with Crippen molar-refractivity contribution in [2.24, 2.45) is 11.3 Å². The van der Waals surface area contributed by atoms with Crippen LogP contribution in [-0.4, -0.2) is 0 Å². The van der Waals surface area contributed by atoms with Crippen LogP contribution in [0.5, 0.6) is 0 Å². The molecule has 1 aromatic carbocycles. The molecule has 1 aromatic rings. The molecule has 0 spiro atoms. The molecule has 0 amide bonds. The third-order valence-corrected chi connectivity index (χ3v) is 4.63. The molecule has 3 heteroatoms. The summed E-state index contributed by atoms with van der Waals surface area (Å²) in [5, 5.41) is 0. The Morgan fingerprint density at radius 1 is 1.39 bits per heavy atom. The van der Waals surface area contributed by atoms with E-state index in [1.165, 1.54) is 31.7 Å². The number of rotatable bonds is 4. The Morgan fingerprint density at radius 3 is 2.56 bits per heavy atom. The zero-order valence-corrected chi connectivity index (χ0v) is 11.3. The Balaban J connectivity index is 2.38. The maximum Gasteiger partial charge on any atom is 0.123 e. The fourth-order valence-corrected chi connectivity index (χ4v) is 3.48. The van der Waals surface area contributed by atoms with Gasteiger partial charge in [-0.05, 0) is 54.9 Å². The van der Waals surface area contributed by atoms with E-state index in [2.05, 4.69) is 12.3 Å². The summed E-state index contributed by atoms with van der Waals surface area (Å²) in [6.45, 7) is 4.19. The molecular weight excluding hydrogens is 227 g/mol. The second-order valence-corrected chi connectivity index (χ2v) is 5.52. The van der Waals surface area contributed by atoms with Gasteiger partial charge in [-0.15, -0.1) is 0 Å². The van der Waals surface area contributed by atoms with Gasteiger partial charge in [0, 0.05) is 0 Å². The number of hydrogen-bond donors (Lipinski definition) is 2. The van der Waals surface area contributed by atoms with Crippen molar-refractivity contribution >= 4 is 0 Å². The molecule has 0 radical (unpaired) electrons. The number of aryl methyl sites for hydroxylation is 1. The Hall–Kier alpha value is -0.930. The van der Waals surface area contributed by atoms with Gasteiger partial charge < -0.3 is 0 Å². The van der Waals surface area contributed by atoms with Crippen molar-refractivity contribution in [3.8, 4) is 0 Å². The molecule has 1 atom stereocenters. The van der Waals surface area contributed by atoms with Crippen LogP contribution < -0.4 is 11.3 Å². The van der Waals surface area contributed by atoms with Gasteiger partial charge in [0.1, 0.15) is 5.82 Å². The molecule has 1 unspecified atom stereocenters. The lowest BCUT2D eigenvalue weighted by Gasteiger charge is -2.37. The molecule has 0 aliphatic heterocycles. The monoisotopic (exact) mass is 250 g/mol. The predicted octanol–water partition coefficient (Wildman–Crippen LogP) is 3.61. The van der Waals surface area contributed by atoms with E-state index in [4.69, 9.17) is 5.84 Å². The third-order valence-electron chi connectivity index (χ3n) is 4.63. The molecule has 1 saturated carbocycles. The minimum absolute atomic E-state index is 0.130. The number of hydrogen-bond acceptors (Lipinski definition) is 2. The summed E-state index contributed by atoms with van der Waals surface area (Å²) in [4.78, 5) is 0. The van der Waals surface area contributed by atoms with Crippen LogP contribution >= 0.6 is 0 Å². The van der Waals surface area contributed by atoms with Crippen LogP contribution in [0.3, 0.4) is 0 Å². The van der Waals surface area contributed by atoms with Gasteiger partial charge in [0.2, 0.25) is 0 Å². The maximum absolute atomic E-state index is 13.2. The van der Waals surface area contributed by atoms with Gasteiger partial charge in [-0.3, -0.25) is 11.3 Å². The molecule has 2 rings (SSSR count). The molecule has 18 heavy (non-hydrogen) atoms. The van der Waals surface area contributed by atoms with Crippen molar-refractivity contribution in [2.75, 3.05) is 0 Å². The smallest absolute Gasteiger partial charge is 0.123 e. The van der Waals surface area contributed by atoms with Crippen molar-refractivity contribution in [3.05, 3.63) is 35.1 Å². The normalized spacial score (nSPS) is 20.0. The van der Waals surface area contributed by atoms with Crippen LogP contribution in [0.25, 0.3) is 0 Å². The lowest BCUT2D eigenvalue weighted by atomic mass is 9.73. The van der Waals surface area contributed by atoms with Crippen molar-refractivity contribution in [1.82, 2.24) is 5.43 Å². The molecule has 2 nitrogen and oxygen atoms in total. The van der Waals surface area contributed by atoms with Crippen LogP contribution in [0.4, 0.5) is 4.39 Å². The molecular formula is C15H23FN2. The largest absolute Gasteiger partial charge is 0.271 e. The summed E-state index contributed by atoms with van der Waals surface area (Å²) in [5.41, 5.74) is 5.35. The predicted molar refractivity (Wildman–Crippen MR) is 72.4 cm³/mol. The molecule has 1 aliphatic rings. The fourth-order valence-electron chi connectivity index (χ4n) is 3.48. The summed E-state index contributed by atoms with van der Waals surface area (Å²) in [5.74, 6) is 5.63. The van der Waals surface area contributed by atoms with Gasteiger partial charge in [-0.2, -0.15) is 0 Å². The molecule has 0 saturated heterocycles. The van der Waals surface area contributed by atoms with Crippen LogP contribution in [-0.2, 0) is 0 Å². The van der Waals surface area contributed by atoms with Crippen LogP contribution in [0.15, 0.2) is 18.2 Å². The van der Waals surface area contributed by atoms with Gasteiger partial charge >= 0.3 is 0 Å². The standard InChI is InChI=1S/C15H23FN2/c1-3-15(8-4-5-9-15)14(18-17)13-7-6-12(16)10-11(13)2/h6-7,10,14,18H,3-5,8-9,17H2,1-2H3. The van der Waals surface area contributed by atoms with Gasteiger partial charge in [-0.1, -0.05) is 25.8 Å².